The molecule has 2 aromatic carbocycles. The highest BCUT2D eigenvalue weighted by atomic mass is 32.2. The van der Waals surface area contributed by atoms with E-state index in [-0.39, 0.29) is 35.6 Å². The maximum absolute atomic E-state index is 14.9. The van der Waals surface area contributed by atoms with Gasteiger partial charge in [0.2, 0.25) is 5.91 Å². The molecule has 4 rings (SSSR count). The summed E-state index contributed by atoms with van der Waals surface area (Å²) in [6, 6.07) is 11.8. The van der Waals surface area contributed by atoms with E-state index in [1.54, 1.807) is 30.3 Å². The fourth-order valence-corrected chi connectivity index (χ4v) is 5.19. The van der Waals surface area contributed by atoms with Crippen LogP contribution < -0.4 is 16.2 Å². The van der Waals surface area contributed by atoms with Crippen LogP contribution in [0.4, 0.5) is 8.78 Å². The summed E-state index contributed by atoms with van der Waals surface area (Å²) in [6.07, 6.45) is -0.719. The summed E-state index contributed by atoms with van der Waals surface area (Å²) < 4.78 is 34.3. The van der Waals surface area contributed by atoms with Crippen LogP contribution in [0.2, 0.25) is 0 Å². The number of thioether (sulfide) groups is 1. The van der Waals surface area contributed by atoms with Crippen molar-refractivity contribution in [3.8, 4) is 0 Å². The zero-order valence-electron chi connectivity index (χ0n) is 18.1. The molecule has 0 radical (unpaired) electrons. The number of rotatable bonds is 3. The number of benzene rings is 2. The fourth-order valence-electron chi connectivity index (χ4n) is 4.02. The SMILES string of the molecule is CC(=O)NNC(=O)[C@H]1C[C@H]2CSC(NC(=O)c3ccccc3)=N[C@@]2(c2ccc(F)cc2F)CO1. The maximum Gasteiger partial charge on any atom is 0.267 e. The summed E-state index contributed by atoms with van der Waals surface area (Å²) in [6.45, 7) is 1.08. The van der Waals surface area contributed by atoms with Crippen LogP contribution in [0.3, 0.4) is 0 Å². The molecular formula is C23H22F2N4O4S. The lowest BCUT2D eigenvalue weighted by molar-refractivity contribution is -0.144. The topological polar surface area (TPSA) is 109 Å². The van der Waals surface area contributed by atoms with Crippen molar-refractivity contribution < 1.29 is 27.9 Å². The third-order valence-electron chi connectivity index (χ3n) is 5.71. The summed E-state index contributed by atoms with van der Waals surface area (Å²) >= 11 is 1.27. The minimum absolute atomic E-state index is 0.117. The number of fused-ring (bicyclic) bond motifs is 1. The molecule has 2 aromatic rings. The van der Waals surface area contributed by atoms with Gasteiger partial charge in [0, 0.05) is 35.8 Å². The number of hydrogen-bond acceptors (Lipinski definition) is 6. The van der Waals surface area contributed by atoms with Gasteiger partial charge in [0.05, 0.1) is 6.61 Å². The molecule has 0 aromatic heterocycles. The minimum Gasteiger partial charge on any atom is -0.365 e. The quantitative estimate of drug-likeness (QED) is 0.575. The molecule has 0 aliphatic carbocycles. The number of hydrazine groups is 1. The Bertz CT molecular complexity index is 1150. The molecule has 0 bridgehead atoms. The Labute approximate surface area is 198 Å². The normalized spacial score (nSPS) is 23.8. The average molecular weight is 489 g/mol. The molecule has 3 amide bonds. The van der Waals surface area contributed by atoms with E-state index in [1.165, 1.54) is 24.8 Å². The first-order chi connectivity index (χ1) is 16.3. The number of amides is 3. The van der Waals surface area contributed by atoms with Crippen LogP contribution >= 0.6 is 11.8 Å². The molecule has 3 N–H and O–H groups in total. The molecule has 1 saturated heterocycles. The van der Waals surface area contributed by atoms with E-state index in [9.17, 15) is 23.2 Å². The molecule has 2 aliphatic rings. The standard InChI is InChI=1S/C23H22F2N4O4S/c1-13(30)28-29-21(32)19-9-15-11-34-22(26-20(31)14-5-3-2-4-6-14)27-23(15,12-33-19)17-8-7-16(24)10-18(17)25/h2-8,10,15,19H,9,11-12H2,1H3,(H,28,30)(H,29,32)(H,26,27,31)/t15-,19+,23-/m0/s1. The number of aliphatic imine (C=N–C) groups is 1. The van der Waals surface area contributed by atoms with Gasteiger partial charge in [0.25, 0.3) is 11.8 Å². The van der Waals surface area contributed by atoms with Crippen LogP contribution in [0.25, 0.3) is 0 Å². The number of halogens is 2. The van der Waals surface area contributed by atoms with Crippen molar-refractivity contribution in [2.75, 3.05) is 12.4 Å². The molecule has 0 unspecified atom stereocenters. The first-order valence-electron chi connectivity index (χ1n) is 10.5. The van der Waals surface area contributed by atoms with Crippen molar-refractivity contribution >= 4 is 34.7 Å². The number of nitrogens with one attached hydrogen (secondary N) is 3. The molecule has 3 atom stereocenters. The molecule has 2 aliphatic heterocycles. The van der Waals surface area contributed by atoms with E-state index in [1.807, 2.05) is 0 Å². The first kappa shape index (κ1) is 23.8. The van der Waals surface area contributed by atoms with Crippen LogP contribution in [-0.2, 0) is 19.9 Å². The number of carbonyl (C=O) groups is 3. The predicted octanol–water partition coefficient (Wildman–Crippen LogP) is 2.27. The first-order valence-corrected chi connectivity index (χ1v) is 11.5. The number of carbonyl (C=O) groups excluding carboxylic acids is 3. The van der Waals surface area contributed by atoms with Gasteiger partial charge in [-0.2, -0.15) is 0 Å². The van der Waals surface area contributed by atoms with Gasteiger partial charge < -0.3 is 10.1 Å². The van der Waals surface area contributed by atoms with Gasteiger partial charge in [-0.15, -0.1) is 0 Å². The van der Waals surface area contributed by atoms with Gasteiger partial charge in [0.15, 0.2) is 5.17 Å². The van der Waals surface area contributed by atoms with E-state index < -0.39 is 35.1 Å². The van der Waals surface area contributed by atoms with Crippen molar-refractivity contribution in [2.45, 2.75) is 25.0 Å². The molecule has 11 heteroatoms. The van der Waals surface area contributed by atoms with Crippen LogP contribution in [0.15, 0.2) is 53.5 Å². The van der Waals surface area contributed by atoms with Gasteiger partial charge in [-0.3, -0.25) is 25.2 Å². The Balaban J connectivity index is 1.64. The van der Waals surface area contributed by atoms with Crippen LogP contribution in [0.1, 0.15) is 29.3 Å². The van der Waals surface area contributed by atoms with Gasteiger partial charge >= 0.3 is 0 Å². The highest BCUT2D eigenvalue weighted by Crippen LogP contribution is 2.47. The summed E-state index contributed by atoms with van der Waals surface area (Å²) in [5.41, 5.74) is 3.78. The Hall–Kier alpha value is -3.31. The number of amidine groups is 1. The molecule has 178 valence electrons. The zero-order chi connectivity index (χ0) is 24.3. The van der Waals surface area contributed by atoms with Gasteiger partial charge in [-0.1, -0.05) is 36.0 Å². The summed E-state index contributed by atoms with van der Waals surface area (Å²) in [5, 5.41) is 3.03. The van der Waals surface area contributed by atoms with Crippen molar-refractivity contribution in [2.24, 2.45) is 10.9 Å². The number of hydrogen-bond donors (Lipinski definition) is 3. The lowest BCUT2D eigenvalue weighted by atomic mass is 9.75. The lowest BCUT2D eigenvalue weighted by Gasteiger charge is -2.46. The molecule has 8 nitrogen and oxygen atoms in total. The van der Waals surface area contributed by atoms with E-state index in [0.717, 1.165) is 12.1 Å². The van der Waals surface area contributed by atoms with Crippen LogP contribution in [0, 0.1) is 17.6 Å². The summed E-state index contributed by atoms with van der Waals surface area (Å²) in [5.74, 6) is -2.84. The predicted molar refractivity (Wildman–Crippen MR) is 122 cm³/mol. The Morgan fingerprint density at radius 2 is 1.88 bits per heavy atom. The van der Waals surface area contributed by atoms with Crippen molar-refractivity contribution in [3.63, 3.8) is 0 Å². The molecule has 34 heavy (non-hydrogen) atoms. The second kappa shape index (κ2) is 9.90. The summed E-state index contributed by atoms with van der Waals surface area (Å²) in [7, 11) is 0. The summed E-state index contributed by atoms with van der Waals surface area (Å²) in [4.78, 5) is 40.8. The fraction of sp³-hybridized carbons (Fsp3) is 0.304. The average Bonchev–Trinajstić information content (AvgIpc) is 2.82. The Morgan fingerprint density at radius 1 is 1.12 bits per heavy atom. The Morgan fingerprint density at radius 3 is 2.59 bits per heavy atom. The van der Waals surface area contributed by atoms with Gasteiger partial charge in [-0.05, 0) is 24.6 Å². The third kappa shape index (κ3) is 4.95. The van der Waals surface area contributed by atoms with Crippen molar-refractivity contribution in [3.05, 3.63) is 71.3 Å². The van der Waals surface area contributed by atoms with E-state index >= 15 is 0 Å². The van der Waals surface area contributed by atoms with E-state index in [4.69, 9.17) is 4.74 Å². The number of nitrogens with zero attached hydrogens (tertiary/aromatic N) is 1. The van der Waals surface area contributed by atoms with E-state index in [0.29, 0.717) is 11.3 Å². The highest BCUT2D eigenvalue weighted by molar-refractivity contribution is 8.13. The second-order valence-corrected chi connectivity index (χ2v) is 9.01. The molecule has 0 saturated carbocycles. The smallest absolute Gasteiger partial charge is 0.267 e. The highest BCUT2D eigenvalue weighted by Gasteiger charge is 2.51. The van der Waals surface area contributed by atoms with Crippen LogP contribution in [0.5, 0.6) is 0 Å². The van der Waals surface area contributed by atoms with Crippen molar-refractivity contribution in [1.29, 1.82) is 0 Å². The number of ether oxygens (including phenoxy) is 1. The molecule has 1 fully saturated rings. The molecule has 2 heterocycles. The zero-order valence-corrected chi connectivity index (χ0v) is 19.0. The molecule has 0 spiro atoms. The molecular weight excluding hydrogens is 466 g/mol. The second-order valence-electron chi connectivity index (χ2n) is 8.00. The van der Waals surface area contributed by atoms with Gasteiger partial charge in [-0.25, -0.2) is 13.8 Å². The minimum atomic E-state index is -1.27. The largest absolute Gasteiger partial charge is 0.365 e. The van der Waals surface area contributed by atoms with E-state index in [2.05, 4.69) is 21.2 Å². The Kier molecular flexibility index (Phi) is 6.94. The lowest BCUT2D eigenvalue weighted by Crippen LogP contribution is -2.55. The third-order valence-corrected chi connectivity index (χ3v) is 6.74. The van der Waals surface area contributed by atoms with Crippen molar-refractivity contribution in [1.82, 2.24) is 16.2 Å². The maximum atomic E-state index is 14.9. The van der Waals surface area contributed by atoms with Crippen LogP contribution in [-0.4, -0.2) is 41.4 Å². The monoisotopic (exact) mass is 488 g/mol. The van der Waals surface area contributed by atoms with Gasteiger partial charge in [0.1, 0.15) is 23.3 Å².